The number of hydrogen-bond donors (Lipinski definition) is 0. The standard InChI is InChI=1S/C20H28F2/c1-3-5-15-7-11-17(12-8-15)19(21)20(22)18-13-9-16(6-4-2)10-14-18/h7-8,11-12,16,18H,3-6,9-10,13-14H2,1-2H3. The van der Waals surface area contributed by atoms with Crippen LogP contribution in [0.15, 0.2) is 30.1 Å². The minimum absolute atomic E-state index is 0.219. The Morgan fingerprint density at radius 3 is 2.14 bits per heavy atom. The van der Waals surface area contributed by atoms with Gasteiger partial charge in [-0.05, 0) is 43.6 Å². The summed E-state index contributed by atoms with van der Waals surface area (Å²) in [5.41, 5.74) is 1.56. The largest absolute Gasteiger partial charge is 0.208 e. The van der Waals surface area contributed by atoms with Crippen LogP contribution in [0.1, 0.15) is 69.9 Å². The van der Waals surface area contributed by atoms with E-state index in [0.717, 1.165) is 38.5 Å². The molecule has 0 bridgehead atoms. The third-order valence-corrected chi connectivity index (χ3v) is 4.86. The van der Waals surface area contributed by atoms with Crippen molar-refractivity contribution in [2.24, 2.45) is 11.8 Å². The van der Waals surface area contributed by atoms with Crippen LogP contribution >= 0.6 is 0 Å². The van der Waals surface area contributed by atoms with Crippen molar-refractivity contribution in [1.29, 1.82) is 0 Å². The van der Waals surface area contributed by atoms with Gasteiger partial charge in [0.05, 0.1) is 0 Å². The van der Waals surface area contributed by atoms with Gasteiger partial charge in [-0.25, -0.2) is 8.78 Å². The molecule has 2 rings (SSSR count). The topological polar surface area (TPSA) is 0 Å². The Morgan fingerprint density at radius 2 is 1.59 bits per heavy atom. The maximum absolute atomic E-state index is 14.4. The average molecular weight is 306 g/mol. The highest BCUT2D eigenvalue weighted by molar-refractivity contribution is 5.61. The molecule has 1 aromatic carbocycles. The Bertz CT molecular complexity index is 479. The van der Waals surface area contributed by atoms with E-state index in [9.17, 15) is 8.78 Å². The van der Waals surface area contributed by atoms with Crippen LogP contribution in [0.3, 0.4) is 0 Å². The van der Waals surface area contributed by atoms with Crippen molar-refractivity contribution in [1.82, 2.24) is 0 Å². The Balaban J connectivity index is 2.02. The summed E-state index contributed by atoms with van der Waals surface area (Å²) in [5.74, 6) is -0.686. The van der Waals surface area contributed by atoms with E-state index < -0.39 is 11.7 Å². The SMILES string of the molecule is CCCc1ccc(C(F)=C(F)C2CCC(CCC)CC2)cc1. The van der Waals surface area contributed by atoms with Crippen LogP contribution in [0.4, 0.5) is 8.78 Å². The molecule has 0 saturated heterocycles. The first-order valence-corrected chi connectivity index (χ1v) is 8.80. The molecule has 0 spiro atoms. The van der Waals surface area contributed by atoms with Crippen molar-refractivity contribution in [3.63, 3.8) is 0 Å². The number of rotatable bonds is 6. The van der Waals surface area contributed by atoms with E-state index in [1.165, 1.54) is 18.4 Å². The summed E-state index contributed by atoms with van der Waals surface area (Å²) in [7, 11) is 0. The van der Waals surface area contributed by atoms with Gasteiger partial charge in [-0.15, -0.1) is 0 Å². The molecule has 1 saturated carbocycles. The molecule has 0 aromatic heterocycles. The molecule has 22 heavy (non-hydrogen) atoms. The van der Waals surface area contributed by atoms with Crippen molar-refractivity contribution < 1.29 is 8.78 Å². The summed E-state index contributed by atoms with van der Waals surface area (Å²) in [5, 5.41) is 0. The highest BCUT2D eigenvalue weighted by Gasteiger charge is 2.26. The second-order valence-electron chi connectivity index (χ2n) is 6.62. The first-order chi connectivity index (χ1) is 10.7. The number of hydrogen-bond acceptors (Lipinski definition) is 0. The lowest BCUT2D eigenvalue weighted by molar-refractivity contribution is 0.261. The summed E-state index contributed by atoms with van der Waals surface area (Å²) in [4.78, 5) is 0. The Labute approximate surface area is 133 Å². The van der Waals surface area contributed by atoms with Gasteiger partial charge in [0, 0.05) is 11.5 Å². The van der Waals surface area contributed by atoms with Crippen LogP contribution in [0.25, 0.3) is 5.83 Å². The predicted octanol–water partition coefficient (Wildman–Crippen LogP) is 6.85. The zero-order valence-corrected chi connectivity index (χ0v) is 13.9. The van der Waals surface area contributed by atoms with Gasteiger partial charge >= 0.3 is 0 Å². The van der Waals surface area contributed by atoms with Gasteiger partial charge in [0.15, 0.2) is 5.83 Å². The average Bonchev–Trinajstić information content (AvgIpc) is 2.55. The van der Waals surface area contributed by atoms with Crippen molar-refractivity contribution in [3.8, 4) is 0 Å². The molecule has 1 fully saturated rings. The van der Waals surface area contributed by atoms with Gasteiger partial charge in [0.2, 0.25) is 0 Å². The maximum Gasteiger partial charge on any atom is 0.162 e. The monoisotopic (exact) mass is 306 g/mol. The molecule has 1 aromatic rings. The molecule has 122 valence electrons. The third kappa shape index (κ3) is 4.41. The molecule has 1 aliphatic rings. The van der Waals surface area contributed by atoms with Crippen molar-refractivity contribution >= 4 is 5.83 Å². The van der Waals surface area contributed by atoms with Crippen LogP contribution in [-0.4, -0.2) is 0 Å². The van der Waals surface area contributed by atoms with Crippen molar-refractivity contribution in [3.05, 3.63) is 41.2 Å². The minimum Gasteiger partial charge on any atom is -0.208 e. The quantitative estimate of drug-likeness (QED) is 0.539. The maximum atomic E-state index is 14.4. The van der Waals surface area contributed by atoms with Crippen LogP contribution in [0, 0.1) is 11.8 Å². The van der Waals surface area contributed by atoms with E-state index in [-0.39, 0.29) is 5.92 Å². The first-order valence-electron chi connectivity index (χ1n) is 8.80. The smallest absolute Gasteiger partial charge is 0.162 e. The van der Waals surface area contributed by atoms with Crippen LogP contribution < -0.4 is 0 Å². The minimum atomic E-state index is -0.651. The van der Waals surface area contributed by atoms with E-state index in [2.05, 4.69) is 13.8 Å². The molecule has 0 radical (unpaired) electrons. The molecular formula is C20H28F2. The van der Waals surface area contributed by atoms with Gasteiger partial charge < -0.3 is 0 Å². The molecule has 0 aliphatic heterocycles. The predicted molar refractivity (Wildman–Crippen MR) is 89.9 cm³/mol. The molecule has 1 aliphatic carbocycles. The first kappa shape index (κ1) is 17.2. The van der Waals surface area contributed by atoms with Gasteiger partial charge in [-0.3, -0.25) is 0 Å². The Morgan fingerprint density at radius 1 is 0.955 bits per heavy atom. The van der Waals surface area contributed by atoms with E-state index in [1.54, 1.807) is 12.1 Å². The summed E-state index contributed by atoms with van der Waals surface area (Å²) in [6, 6.07) is 7.24. The van der Waals surface area contributed by atoms with E-state index in [0.29, 0.717) is 11.5 Å². The van der Waals surface area contributed by atoms with E-state index >= 15 is 0 Å². The van der Waals surface area contributed by atoms with Gasteiger partial charge in [0.1, 0.15) is 5.83 Å². The number of allylic oxidation sites excluding steroid dienone is 1. The highest BCUT2D eigenvalue weighted by atomic mass is 19.2. The molecule has 0 atom stereocenters. The summed E-state index contributed by atoms with van der Waals surface area (Å²) in [6.45, 7) is 4.30. The van der Waals surface area contributed by atoms with Crippen molar-refractivity contribution in [2.45, 2.75) is 65.2 Å². The lowest BCUT2D eigenvalue weighted by Gasteiger charge is -2.27. The lowest BCUT2D eigenvalue weighted by Crippen LogP contribution is -2.15. The Kier molecular flexibility index (Phi) is 6.60. The normalized spacial score (nSPS) is 23.3. The summed E-state index contributed by atoms with van der Waals surface area (Å²) < 4.78 is 28.8. The summed E-state index contributed by atoms with van der Waals surface area (Å²) in [6.07, 6.45) is 8.10. The number of aryl methyl sites for hydroxylation is 1. The molecule has 0 heterocycles. The molecule has 0 nitrogen and oxygen atoms in total. The molecule has 2 heteroatoms. The fourth-order valence-electron chi connectivity index (χ4n) is 3.54. The molecular weight excluding hydrogens is 278 g/mol. The fourth-order valence-corrected chi connectivity index (χ4v) is 3.54. The second kappa shape index (κ2) is 8.45. The fraction of sp³-hybridized carbons (Fsp3) is 0.600. The number of halogens is 2. The Hall–Kier alpha value is -1.18. The molecule has 0 unspecified atom stereocenters. The highest BCUT2D eigenvalue weighted by Crippen LogP contribution is 2.38. The van der Waals surface area contributed by atoms with Gasteiger partial charge in [0.25, 0.3) is 0 Å². The molecule has 0 amide bonds. The second-order valence-corrected chi connectivity index (χ2v) is 6.62. The lowest BCUT2D eigenvalue weighted by atomic mass is 9.79. The van der Waals surface area contributed by atoms with E-state index in [4.69, 9.17) is 0 Å². The van der Waals surface area contributed by atoms with Gasteiger partial charge in [-0.1, -0.05) is 57.4 Å². The third-order valence-electron chi connectivity index (χ3n) is 4.86. The number of benzene rings is 1. The molecule has 0 N–H and O–H groups in total. The zero-order chi connectivity index (χ0) is 15.9. The van der Waals surface area contributed by atoms with Crippen LogP contribution in [0.5, 0.6) is 0 Å². The van der Waals surface area contributed by atoms with Crippen LogP contribution in [0.2, 0.25) is 0 Å². The van der Waals surface area contributed by atoms with Crippen molar-refractivity contribution in [2.75, 3.05) is 0 Å². The van der Waals surface area contributed by atoms with Gasteiger partial charge in [-0.2, -0.15) is 0 Å². The zero-order valence-electron chi connectivity index (χ0n) is 13.9. The summed E-state index contributed by atoms with van der Waals surface area (Å²) >= 11 is 0. The van der Waals surface area contributed by atoms with Crippen LogP contribution in [-0.2, 0) is 6.42 Å². The van der Waals surface area contributed by atoms with E-state index in [1.807, 2.05) is 12.1 Å².